The molecule has 0 bridgehead atoms. The lowest BCUT2D eigenvalue weighted by molar-refractivity contribution is 0.414. The van der Waals surface area contributed by atoms with Crippen molar-refractivity contribution in [3.05, 3.63) is 102 Å². The number of hydrogen-bond acceptors (Lipinski definition) is 3. The van der Waals surface area contributed by atoms with Gasteiger partial charge in [0.05, 0.1) is 38.8 Å². The normalized spacial score (nSPS) is 12.1. The van der Waals surface area contributed by atoms with E-state index in [9.17, 15) is 0 Å². The Morgan fingerprint density at radius 1 is 0.793 bits per heavy atom. The average Bonchev–Trinajstić information content (AvgIpc) is 3.40. The van der Waals surface area contributed by atoms with E-state index >= 15 is 0 Å². The highest BCUT2D eigenvalue weighted by atomic mass is 16.5. The quantitative estimate of drug-likeness (QED) is 0.447. The van der Waals surface area contributed by atoms with Crippen molar-refractivity contribution in [3.8, 4) is 5.75 Å². The Kier molecular flexibility index (Phi) is 5.75. The minimum atomic E-state index is 0.417. The van der Waals surface area contributed by atoms with E-state index in [4.69, 9.17) is 4.74 Å². The zero-order chi connectivity index (χ0) is 20.1. The van der Waals surface area contributed by atoms with E-state index in [-0.39, 0.29) is 0 Å². The molecular weight excluding hydrogens is 360 g/mol. The maximum absolute atomic E-state index is 5.18. The molecule has 0 fully saturated rings. The Morgan fingerprint density at radius 3 is 2.10 bits per heavy atom. The Hall–Kier alpha value is -3.34. The number of methoxy groups -OCH3 is 1. The second-order valence-electron chi connectivity index (χ2n) is 7.46. The molecule has 1 atom stereocenters. The maximum Gasteiger partial charge on any atom is 0.156 e. The van der Waals surface area contributed by atoms with E-state index in [0.717, 1.165) is 25.3 Å². The van der Waals surface area contributed by atoms with Crippen molar-refractivity contribution in [1.82, 2.24) is 19.6 Å². The van der Waals surface area contributed by atoms with E-state index in [1.807, 2.05) is 27.8 Å². The number of benzene rings is 2. The van der Waals surface area contributed by atoms with Gasteiger partial charge >= 0.3 is 0 Å². The number of rotatable bonds is 8. The molecule has 0 aliphatic heterocycles. The Morgan fingerprint density at radius 2 is 1.41 bits per heavy atom. The molecule has 4 aromatic rings. The summed E-state index contributed by atoms with van der Waals surface area (Å²) in [6.07, 6.45) is 8.79. The van der Waals surface area contributed by atoms with Crippen molar-refractivity contribution in [2.75, 3.05) is 7.11 Å². The van der Waals surface area contributed by atoms with Crippen LogP contribution < -0.4 is 4.74 Å². The molecule has 5 nitrogen and oxygen atoms in total. The van der Waals surface area contributed by atoms with Gasteiger partial charge in [0, 0.05) is 6.20 Å². The average molecular weight is 386 g/mol. The summed E-state index contributed by atoms with van der Waals surface area (Å²) in [4.78, 5) is 0. The minimum Gasteiger partial charge on any atom is -0.493 e. The lowest BCUT2D eigenvalue weighted by Crippen LogP contribution is -2.02. The number of hydrogen-bond donors (Lipinski definition) is 0. The van der Waals surface area contributed by atoms with Gasteiger partial charge in [-0.2, -0.15) is 10.2 Å². The fourth-order valence-corrected chi connectivity index (χ4v) is 3.47. The summed E-state index contributed by atoms with van der Waals surface area (Å²) in [6, 6.07) is 19.2. The molecule has 148 valence electrons. The van der Waals surface area contributed by atoms with Gasteiger partial charge < -0.3 is 4.74 Å². The molecule has 5 heteroatoms. The van der Waals surface area contributed by atoms with Crippen LogP contribution in [0.3, 0.4) is 0 Å². The van der Waals surface area contributed by atoms with Crippen molar-refractivity contribution in [3.63, 3.8) is 0 Å². The molecule has 0 aliphatic carbocycles. The first-order chi connectivity index (χ1) is 14.2. The van der Waals surface area contributed by atoms with Gasteiger partial charge in [0.25, 0.3) is 0 Å². The molecule has 0 aliphatic rings. The van der Waals surface area contributed by atoms with Gasteiger partial charge in [-0.3, -0.25) is 9.36 Å². The van der Waals surface area contributed by atoms with E-state index in [1.54, 1.807) is 13.3 Å². The van der Waals surface area contributed by atoms with E-state index in [2.05, 4.69) is 71.8 Å². The number of nitrogens with zero attached hydrogens (tertiary/aromatic N) is 4. The van der Waals surface area contributed by atoms with Gasteiger partial charge in [0.1, 0.15) is 0 Å². The van der Waals surface area contributed by atoms with Crippen LogP contribution in [0.4, 0.5) is 0 Å². The molecule has 0 radical (unpaired) electrons. The fourth-order valence-electron chi connectivity index (χ4n) is 3.47. The molecule has 0 spiro atoms. The van der Waals surface area contributed by atoms with E-state index in [0.29, 0.717) is 5.92 Å². The largest absolute Gasteiger partial charge is 0.493 e. The first-order valence-corrected chi connectivity index (χ1v) is 9.90. The predicted octanol–water partition coefficient (Wildman–Crippen LogP) is 4.53. The fraction of sp³-hybridized carbons (Fsp3) is 0.250. The summed E-state index contributed by atoms with van der Waals surface area (Å²) < 4.78 is 9.09. The van der Waals surface area contributed by atoms with Crippen molar-refractivity contribution in [1.29, 1.82) is 0 Å². The Labute approximate surface area is 171 Å². The predicted molar refractivity (Wildman–Crippen MR) is 114 cm³/mol. The second kappa shape index (κ2) is 8.78. The molecule has 2 aromatic heterocycles. The van der Waals surface area contributed by atoms with E-state index in [1.165, 1.54) is 22.3 Å². The maximum atomic E-state index is 5.18. The summed E-state index contributed by atoms with van der Waals surface area (Å²) >= 11 is 0. The van der Waals surface area contributed by atoms with Crippen LogP contribution >= 0.6 is 0 Å². The first kappa shape index (κ1) is 19.0. The highest BCUT2D eigenvalue weighted by Crippen LogP contribution is 2.21. The zero-order valence-corrected chi connectivity index (χ0v) is 16.9. The van der Waals surface area contributed by atoms with E-state index < -0.39 is 0 Å². The molecule has 0 saturated heterocycles. The molecule has 2 aromatic carbocycles. The Balaban J connectivity index is 1.35. The number of ether oxygens (including phenoxy) is 1. The summed E-state index contributed by atoms with van der Waals surface area (Å²) in [6.45, 7) is 3.81. The summed E-state index contributed by atoms with van der Waals surface area (Å²) in [7, 11) is 1.66. The highest BCUT2D eigenvalue weighted by Gasteiger charge is 2.10. The van der Waals surface area contributed by atoms with Gasteiger partial charge in [-0.15, -0.1) is 0 Å². The van der Waals surface area contributed by atoms with Crippen LogP contribution in [0.15, 0.2) is 79.4 Å². The first-order valence-electron chi connectivity index (χ1n) is 9.90. The number of aromatic nitrogens is 4. The third kappa shape index (κ3) is 4.93. The molecular formula is C24H26N4O. The van der Waals surface area contributed by atoms with Crippen LogP contribution in [0.5, 0.6) is 5.75 Å². The Bertz CT molecular complexity index is 1030. The summed E-state index contributed by atoms with van der Waals surface area (Å²) in [5, 5.41) is 8.85. The van der Waals surface area contributed by atoms with Crippen molar-refractivity contribution in [2.45, 2.75) is 32.4 Å². The van der Waals surface area contributed by atoms with Crippen LogP contribution in [0.1, 0.15) is 35.1 Å². The van der Waals surface area contributed by atoms with Gasteiger partial charge in [-0.1, -0.05) is 61.5 Å². The molecule has 0 N–H and O–H groups in total. The van der Waals surface area contributed by atoms with Crippen LogP contribution in [0, 0.1) is 0 Å². The van der Waals surface area contributed by atoms with Gasteiger partial charge in [0.2, 0.25) is 0 Å². The van der Waals surface area contributed by atoms with Gasteiger partial charge in [0.15, 0.2) is 5.75 Å². The summed E-state index contributed by atoms with van der Waals surface area (Å²) in [5.41, 5.74) is 5.09. The molecule has 1 unspecified atom stereocenters. The second-order valence-corrected chi connectivity index (χ2v) is 7.46. The lowest BCUT2D eigenvalue weighted by Gasteiger charge is -2.10. The lowest BCUT2D eigenvalue weighted by atomic mass is 9.95. The standard InChI is InChI=1S/C24H26N4O/c1-19(23-13-25-27(17-23)15-21-6-4-3-5-7-21)12-20-8-10-22(11-9-20)16-28-18-24(29-2)14-26-28/h3-11,13-14,17-19H,12,15-16H2,1-2H3. The van der Waals surface area contributed by atoms with Crippen LogP contribution in [0.2, 0.25) is 0 Å². The van der Waals surface area contributed by atoms with Crippen LogP contribution in [0.25, 0.3) is 0 Å². The molecule has 29 heavy (non-hydrogen) atoms. The van der Waals surface area contributed by atoms with Crippen molar-refractivity contribution in [2.24, 2.45) is 0 Å². The molecule has 4 rings (SSSR count). The van der Waals surface area contributed by atoms with Crippen LogP contribution in [-0.4, -0.2) is 26.7 Å². The topological polar surface area (TPSA) is 44.9 Å². The monoisotopic (exact) mass is 386 g/mol. The molecule has 2 heterocycles. The third-order valence-corrected chi connectivity index (χ3v) is 5.16. The molecule has 0 saturated carbocycles. The minimum absolute atomic E-state index is 0.417. The smallest absolute Gasteiger partial charge is 0.156 e. The SMILES string of the molecule is COc1cnn(Cc2ccc(CC(C)c3cnn(Cc4ccccc4)c3)cc2)c1. The third-order valence-electron chi connectivity index (χ3n) is 5.16. The molecule has 0 amide bonds. The zero-order valence-electron chi connectivity index (χ0n) is 16.9. The van der Waals surface area contributed by atoms with Crippen LogP contribution in [-0.2, 0) is 19.5 Å². The summed E-state index contributed by atoms with van der Waals surface area (Å²) in [5.74, 6) is 1.20. The van der Waals surface area contributed by atoms with Crippen molar-refractivity contribution >= 4 is 0 Å². The van der Waals surface area contributed by atoms with Gasteiger partial charge in [-0.25, -0.2) is 0 Å². The highest BCUT2D eigenvalue weighted by molar-refractivity contribution is 5.26. The van der Waals surface area contributed by atoms with Gasteiger partial charge in [-0.05, 0) is 34.6 Å². The van der Waals surface area contributed by atoms with Crippen molar-refractivity contribution < 1.29 is 4.74 Å².